The molecule has 1 N–H and O–H groups in total. The van der Waals surface area contributed by atoms with Crippen LogP contribution in [0.2, 0.25) is 0 Å². The SMILES string of the molecule is CCc1ccc2nc(N3C(=O)C(=O)/C(=C(/O)c4ccc(C)cc4)C3c3cc(OC)c(OC)c(OC)c3)sc2c1. The Morgan fingerprint density at radius 1 is 0.974 bits per heavy atom. The van der Waals surface area contributed by atoms with Crippen molar-refractivity contribution in [3.05, 3.63) is 82.4 Å². The van der Waals surface area contributed by atoms with E-state index in [1.54, 1.807) is 24.3 Å². The fourth-order valence-corrected chi connectivity index (χ4v) is 5.81. The molecule has 4 aromatic rings. The zero-order chi connectivity index (χ0) is 27.8. The van der Waals surface area contributed by atoms with Gasteiger partial charge in [0.15, 0.2) is 16.6 Å². The van der Waals surface area contributed by atoms with Crippen LogP contribution in [-0.4, -0.2) is 43.1 Å². The number of thiazole rings is 1. The lowest BCUT2D eigenvalue weighted by Crippen LogP contribution is -2.29. The highest BCUT2D eigenvalue weighted by atomic mass is 32.1. The highest BCUT2D eigenvalue weighted by Gasteiger charge is 2.48. The molecule has 1 saturated heterocycles. The number of aromatic nitrogens is 1. The van der Waals surface area contributed by atoms with Crippen molar-refractivity contribution >= 4 is 44.1 Å². The number of anilines is 1. The van der Waals surface area contributed by atoms with Crippen molar-refractivity contribution in [1.82, 2.24) is 4.98 Å². The van der Waals surface area contributed by atoms with Gasteiger partial charge >= 0.3 is 5.91 Å². The molecule has 0 radical (unpaired) electrons. The Labute approximate surface area is 230 Å². The Kier molecular flexibility index (Phi) is 7.01. The van der Waals surface area contributed by atoms with Gasteiger partial charge in [0.05, 0.1) is 43.2 Å². The Hall–Kier alpha value is -4.37. The van der Waals surface area contributed by atoms with Crippen LogP contribution in [0.4, 0.5) is 5.13 Å². The number of fused-ring (bicyclic) bond motifs is 1. The Balaban J connectivity index is 1.77. The number of carbonyl (C=O) groups excluding carboxylic acids is 2. The summed E-state index contributed by atoms with van der Waals surface area (Å²) < 4.78 is 17.5. The van der Waals surface area contributed by atoms with E-state index in [9.17, 15) is 14.7 Å². The van der Waals surface area contributed by atoms with E-state index in [1.165, 1.54) is 37.6 Å². The largest absolute Gasteiger partial charge is 0.507 e. The van der Waals surface area contributed by atoms with Gasteiger partial charge in [-0.15, -0.1) is 0 Å². The van der Waals surface area contributed by atoms with Gasteiger partial charge in [-0.25, -0.2) is 4.98 Å². The lowest BCUT2D eigenvalue weighted by atomic mass is 9.94. The third kappa shape index (κ3) is 4.48. The predicted octanol–water partition coefficient (Wildman–Crippen LogP) is 5.82. The van der Waals surface area contributed by atoms with Crippen LogP contribution in [0.15, 0.2) is 60.2 Å². The summed E-state index contributed by atoms with van der Waals surface area (Å²) in [4.78, 5) is 33.3. The van der Waals surface area contributed by atoms with Gasteiger partial charge in [0.25, 0.3) is 5.78 Å². The van der Waals surface area contributed by atoms with Crippen molar-refractivity contribution < 1.29 is 28.9 Å². The molecule has 3 aromatic carbocycles. The van der Waals surface area contributed by atoms with E-state index in [4.69, 9.17) is 19.2 Å². The minimum atomic E-state index is -0.994. The fraction of sp³-hybridized carbons (Fsp3) is 0.233. The highest BCUT2D eigenvalue weighted by molar-refractivity contribution is 7.22. The summed E-state index contributed by atoms with van der Waals surface area (Å²) in [6.07, 6.45) is 0.857. The first-order valence-corrected chi connectivity index (χ1v) is 13.2. The van der Waals surface area contributed by atoms with Crippen LogP contribution >= 0.6 is 11.3 Å². The Morgan fingerprint density at radius 3 is 2.23 bits per heavy atom. The van der Waals surface area contributed by atoms with Crippen LogP contribution in [-0.2, 0) is 16.0 Å². The van der Waals surface area contributed by atoms with Crippen molar-refractivity contribution in [2.75, 3.05) is 26.2 Å². The van der Waals surface area contributed by atoms with E-state index in [-0.39, 0.29) is 11.3 Å². The zero-order valence-corrected chi connectivity index (χ0v) is 23.1. The summed E-state index contributed by atoms with van der Waals surface area (Å²) in [5.41, 5.74) is 3.72. The summed E-state index contributed by atoms with van der Waals surface area (Å²) in [6.45, 7) is 3.99. The molecule has 39 heavy (non-hydrogen) atoms. The number of rotatable bonds is 7. The van der Waals surface area contributed by atoms with Crippen molar-refractivity contribution in [2.24, 2.45) is 0 Å². The highest BCUT2D eigenvalue weighted by Crippen LogP contribution is 2.48. The molecule has 5 rings (SSSR count). The minimum Gasteiger partial charge on any atom is -0.507 e. The molecule has 0 aliphatic carbocycles. The molecule has 0 spiro atoms. The average Bonchev–Trinajstić information content (AvgIpc) is 3.49. The molecule has 1 aromatic heterocycles. The first-order valence-electron chi connectivity index (χ1n) is 12.4. The van der Waals surface area contributed by atoms with Crippen LogP contribution in [0.3, 0.4) is 0 Å². The van der Waals surface area contributed by atoms with Gasteiger partial charge in [0.2, 0.25) is 5.75 Å². The lowest BCUT2D eigenvalue weighted by Gasteiger charge is -2.24. The van der Waals surface area contributed by atoms with Crippen molar-refractivity contribution in [2.45, 2.75) is 26.3 Å². The Morgan fingerprint density at radius 2 is 1.64 bits per heavy atom. The maximum Gasteiger partial charge on any atom is 0.301 e. The number of hydrogen-bond acceptors (Lipinski definition) is 8. The third-order valence-electron chi connectivity index (χ3n) is 6.83. The smallest absolute Gasteiger partial charge is 0.301 e. The van der Waals surface area contributed by atoms with Gasteiger partial charge in [0.1, 0.15) is 5.76 Å². The molecule has 1 amide bonds. The van der Waals surface area contributed by atoms with E-state index < -0.39 is 17.7 Å². The number of aryl methyl sites for hydroxylation is 2. The standard InChI is InChI=1S/C30H28N2O6S/c1-6-17-9-12-20-23(13-17)39-30(31-20)32-25(19-14-21(36-3)28(38-5)22(15-19)37-4)24(27(34)29(32)35)26(33)18-10-7-16(2)8-11-18/h7-15,25,33H,6H2,1-5H3/b26-24+. The number of nitrogens with zero attached hydrogens (tertiary/aromatic N) is 2. The minimum absolute atomic E-state index is 0.0494. The molecular formula is C30H28N2O6S. The normalized spacial score (nSPS) is 16.6. The molecule has 0 saturated carbocycles. The average molecular weight is 545 g/mol. The van der Waals surface area contributed by atoms with Gasteiger partial charge in [-0.3, -0.25) is 14.5 Å². The number of methoxy groups -OCH3 is 3. The zero-order valence-electron chi connectivity index (χ0n) is 22.3. The van der Waals surface area contributed by atoms with E-state index in [0.717, 1.165) is 27.8 Å². The van der Waals surface area contributed by atoms with E-state index in [1.807, 2.05) is 37.3 Å². The van der Waals surface area contributed by atoms with E-state index in [2.05, 4.69) is 6.92 Å². The number of amides is 1. The summed E-state index contributed by atoms with van der Waals surface area (Å²) in [5.74, 6) is -0.790. The predicted molar refractivity (Wildman–Crippen MR) is 151 cm³/mol. The molecule has 1 atom stereocenters. The quantitative estimate of drug-likeness (QED) is 0.178. The molecule has 0 bridgehead atoms. The number of hydrogen-bond donors (Lipinski definition) is 1. The summed E-state index contributed by atoms with van der Waals surface area (Å²) >= 11 is 1.32. The van der Waals surface area contributed by atoms with Gasteiger partial charge in [-0.1, -0.05) is 54.2 Å². The van der Waals surface area contributed by atoms with E-state index >= 15 is 0 Å². The number of carbonyl (C=O) groups is 2. The summed E-state index contributed by atoms with van der Waals surface area (Å²) in [6, 6.07) is 15.4. The first-order chi connectivity index (χ1) is 18.8. The van der Waals surface area contributed by atoms with Crippen molar-refractivity contribution in [3.8, 4) is 17.2 Å². The van der Waals surface area contributed by atoms with Crippen LogP contribution in [0.5, 0.6) is 17.2 Å². The lowest BCUT2D eigenvalue weighted by molar-refractivity contribution is -0.132. The number of ketones is 1. The summed E-state index contributed by atoms with van der Waals surface area (Å²) in [5, 5.41) is 11.8. The molecule has 1 aliphatic heterocycles. The maximum absolute atomic E-state index is 13.6. The number of benzene rings is 3. The van der Waals surface area contributed by atoms with E-state index in [0.29, 0.717) is 33.5 Å². The molecule has 1 aliphatic rings. The maximum atomic E-state index is 13.6. The van der Waals surface area contributed by atoms with Gasteiger partial charge in [-0.2, -0.15) is 0 Å². The van der Waals surface area contributed by atoms with Crippen molar-refractivity contribution in [3.63, 3.8) is 0 Å². The first kappa shape index (κ1) is 26.2. The fourth-order valence-electron chi connectivity index (χ4n) is 4.75. The third-order valence-corrected chi connectivity index (χ3v) is 7.85. The molecule has 200 valence electrons. The molecule has 9 heteroatoms. The van der Waals surface area contributed by atoms with Gasteiger partial charge in [-0.05, 0) is 48.7 Å². The molecule has 1 fully saturated rings. The Bertz CT molecular complexity index is 1600. The van der Waals surface area contributed by atoms with Gasteiger partial charge < -0.3 is 19.3 Å². The number of ether oxygens (including phenoxy) is 3. The van der Waals surface area contributed by atoms with Gasteiger partial charge in [0, 0.05) is 5.56 Å². The topological polar surface area (TPSA) is 98.2 Å². The number of aliphatic hydroxyl groups is 1. The van der Waals surface area contributed by atoms with Crippen LogP contribution in [0.1, 0.15) is 35.2 Å². The van der Waals surface area contributed by atoms with Crippen molar-refractivity contribution in [1.29, 1.82) is 0 Å². The van der Waals surface area contributed by atoms with Crippen LogP contribution in [0, 0.1) is 6.92 Å². The number of Topliss-reactive ketones (excluding diaryl/α,β-unsaturated/α-hetero) is 1. The molecular weight excluding hydrogens is 516 g/mol. The molecule has 8 nitrogen and oxygen atoms in total. The second kappa shape index (κ2) is 10.4. The van der Waals surface area contributed by atoms with Crippen LogP contribution < -0.4 is 19.1 Å². The summed E-state index contributed by atoms with van der Waals surface area (Å²) in [7, 11) is 4.47. The van der Waals surface area contributed by atoms with Crippen LogP contribution in [0.25, 0.3) is 16.0 Å². The molecule has 1 unspecified atom stereocenters. The second-order valence-electron chi connectivity index (χ2n) is 9.15. The monoisotopic (exact) mass is 544 g/mol. The second-order valence-corrected chi connectivity index (χ2v) is 10.2. The molecule has 2 heterocycles. The number of aliphatic hydroxyl groups excluding tert-OH is 1.